The monoisotopic (exact) mass is 288 g/mol. The lowest BCUT2D eigenvalue weighted by Gasteiger charge is -2.13. The molecular weight excluding hydrogens is 275 g/mol. The zero-order valence-electron chi connectivity index (χ0n) is 11.2. The second-order valence-corrected chi connectivity index (χ2v) is 4.26. The second-order valence-electron chi connectivity index (χ2n) is 4.26. The Hall–Kier alpha value is -2.76. The summed E-state index contributed by atoms with van der Waals surface area (Å²) in [5, 5.41) is 2.36. The molecule has 0 saturated heterocycles. The lowest BCUT2D eigenvalue weighted by molar-refractivity contribution is -0.123. The van der Waals surface area contributed by atoms with Crippen molar-refractivity contribution in [2.45, 2.75) is 13.0 Å². The molecular formula is C15H13FN2O3. The van der Waals surface area contributed by atoms with Crippen LogP contribution in [0.5, 0.6) is 0 Å². The minimum absolute atomic E-state index is 0.0341. The standard InChI is InChI=1S/C15H13FN2O3/c1-10(21-15(20)11-5-4-8-17-9-11)14(19)18-13-7-3-2-6-12(13)16/h2-10H,1H3,(H,18,19). The molecule has 2 aromatic rings. The van der Waals surface area contributed by atoms with E-state index >= 15 is 0 Å². The van der Waals surface area contributed by atoms with Crippen molar-refractivity contribution in [3.05, 3.63) is 60.2 Å². The Kier molecular flexibility index (Phi) is 4.61. The molecule has 6 heteroatoms. The van der Waals surface area contributed by atoms with Gasteiger partial charge < -0.3 is 10.1 Å². The van der Waals surface area contributed by atoms with Gasteiger partial charge >= 0.3 is 5.97 Å². The molecule has 0 spiro atoms. The number of nitrogens with zero attached hydrogens (tertiary/aromatic N) is 1. The first kappa shape index (κ1) is 14.6. The highest BCUT2D eigenvalue weighted by atomic mass is 19.1. The van der Waals surface area contributed by atoms with Crippen LogP contribution >= 0.6 is 0 Å². The maximum Gasteiger partial charge on any atom is 0.340 e. The van der Waals surface area contributed by atoms with E-state index < -0.39 is 23.8 Å². The quantitative estimate of drug-likeness (QED) is 0.877. The summed E-state index contributed by atoms with van der Waals surface area (Å²) in [4.78, 5) is 27.4. The van der Waals surface area contributed by atoms with Gasteiger partial charge in [0.1, 0.15) is 5.82 Å². The van der Waals surface area contributed by atoms with Crippen LogP contribution in [0.3, 0.4) is 0 Å². The van der Waals surface area contributed by atoms with Crippen molar-refractivity contribution < 1.29 is 18.7 Å². The molecule has 5 nitrogen and oxygen atoms in total. The third kappa shape index (κ3) is 3.85. The van der Waals surface area contributed by atoms with Crippen LogP contribution in [0.2, 0.25) is 0 Å². The van der Waals surface area contributed by atoms with Gasteiger partial charge in [0.2, 0.25) is 0 Å². The number of carbonyl (C=O) groups excluding carboxylic acids is 2. The second kappa shape index (κ2) is 6.60. The smallest absolute Gasteiger partial charge is 0.340 e. The summed E-state index contributed by atoms with van der Waals surface area (Å²) in [6, 6.07) is 8.85. The molecule has 0 fully saturated rings. The topological polar surface area (TPSA) is 68.3 Å². The van der Waals surface area contributed by atoms with Gasteiger partial charge in [-0.3, -0.25) is 9.78 Å². The molecule has 0 aliphatic heterocycles. The zero-order valence-corrected chi connectivity index (χ0v) is 11.2. The van der Waals surface area contributed by atoms with Gasteiger partial charge in [0.05, 0.1) is 11.3 Å². The number of para-hydroxylation sites is 1. The fourth-order valence-electron chi connectivity index (χ4n) is 1.56. The van der Waals surface area contributed by atoms with Crippen molar-refractivity contribution in [3.63, 3.8) is 0 Å². The molecule has 0 aliphatic carbocycles. The van der Waals surface area contributed by atoms with E-state index in [1.807, 2.05) is 0 Å². The number of aromatic nitrogens is 1. The number of halogens is 1. The lowest BCUT2D eigenvalue weighted by Crippen LogP contribution is -2.30. The summed E-state index contributed by atoms with van der Waals surface area (Å²) >= 11 is 0. The third-order valence-corrected chi connectivity index (χ3v) is 2.68. The average molecular weight is 288 g/mol. The van der Waals surface area contributed by atoms with Crippen molar-refractivity contribution in [3.8, 4) is 0 Å². The molecule has 2 rings (SSSR count). The van der Waals surface area contributed by atoms with Crippen molar-refractivity contribution >= 4 is 17.6 Å². The van der Waals surface area contributed by atoms with Gasteiger partial charge in [-0.05, 0) is 31.2 Å². The molecule has 1 atom stereocenters. The highest BCUT2D eigenvalue weighted by Gasteiger charge is 2.19. The summed E-state index contributed by atoms with van der Waals surface area (Å²) in [6.07, 6.45) is 1.80. The van der Waals surface area contributed by atoms with Gasteiger partial charge in [0, 0.05) is 12.4 Å². The number of nitrogens with one attached hydrogen (secondary N) is 1. The number of esters is 1. The van der Waals surface area contributed by atoms with Crippen LogP contribution in [0.1, 0.15) is 17.3 Å². The first-order valence-electron chi connectivity index (χ1n) is 6.24. The van der Waals surface area contributed by atoms with Gasteiger partial charge in [-0.25, -0.2) is 9.18 Å². The van der Waals surface area contributed by atoms with Crippen LogP contribution in [-0.4, -0.2) is 23.0 Å². The largest absolute Gasteiger partial charge is 0.449 e. The molecule has 0 aliphatic rings. The van der Waals surface area contributed by atoms with Crippen LogP contribution in [0.4, 0.5) is 10.1 Å². The van der Waals surface area contributed by atoms with E-state index in [1.54, 1.807) is 12.1 Å². The SMILES string of the molecule is CC(OC(=O)c1cccnc1)C(=O)Nc1ccccc1F. The highest BCUT2D eigenvalue weighted by molar-refractivity contribution is 5.97. The Labute approximate surface area is 120 Å². The van der Waals surface area contributed by atoms with Gasteiger partial charge in [-0.2, -0.15) is 0 Å². The normalized spacial score (nSPS) is 11.5. The van der Waals surface area contributed by atoms with Crippen LogP contribution in [0, 0.1) is 5.82 Å². The number of pyridine rings is 1. The minimum atomic E-state index is -1.06. The Morgan fingerprint density at radius 1 is 1.24 bits per heavy atom. The lowest BCUT2D eigenvalue weighted by atomic mass is 10.2. The fraction of sp³-hybridized carbons (Fsp3) is 0.133. The van der Waals surface area contributed by atoms with Crippen molar-refractivity contribution in [1.82, 2.24) is 4.98 Å². The van der Waals surface area contributed by atoms with Gasteiger partial charge in [-0.15, -0.1) is 0 Å². The number of ether oxygens (including phenoxy) is 1. The number of amides is 1. The predicted molar refractivity (Wildman–Crippen MR) is 74.1 cm³/mol. The summed E-state index contributed by atoms with van der Waals surface area (Å²) in [7, 11) is 0. The first-order valence-corrected chi connectivity index (χ1v) is 6.24. The molecule has 1 heterocycles. The van der Waals surface area contributed by atoms with Crippen LogP contribution in [0.25, 0.3) is 0 Å². The van der Waals surface area contributed by atoms with Gasteiger partial charge in [0.25, 0.3) is 5.91 Å². The highest BCUT2D eigenvalue weighted by Crippen LogP contribution is 2.13. The van der Waals surface area contributed by atoms with Crippen LogP contribution in [-0.2, 0) is 9.53 Å². The summed E-state index contributed by atoms with van der Waals surface area (Å²) < 4.78 is 18.4. The average Bonchev–Trinajstić information content (AvgIpc) is 2.50. The molecule has 21 heavy (non-hydrogen) atoms. The minimum Gasteiger partial charge on any atom is -0.449 e. The first-order chi connectivity index (χ1) is 10.1. The predicted octanol–water partition coefficient (Wildman–Crippen LogP) is 2.40. The zero-order chi connectivity index (χ0) is 15.2. The van der Waals surface area contributed by atoms with E-state index in [1.165, 1.54) is 43.6 Å². The maximum atomic E-state index is 13.4. The Bertz CT molecular complexity index is 646. The molecule has 1 unspecified atom stereocenters. The summed E-state index contributed by atoms with van der Waals surface area (Å²) in [5.74, 6) is -1.84. The van der Waals surface area contributed by atoms with E-state index in [4.69, 9.17) is 4.74 Å². The third-order valence-electron chi connectivity index (χ3n) is 2.68. The Balaban J connectivity index is 1.97. The molecule has 0 radical (unpaired) electrons. The number of hydrogen-bond donors (Lipinski definition) is 1. The van der Waals surface area contributed by atoms with Gasteiger partial charge in [0.15, 0.2) is 6.10 Å². The molecule has 1 aromatic heterocycles. The summed E-state index contributed by atoms with van der Waals surface area (Å²) in [6.45, 7) is 1.41. The van der Waals surface area contributed by atoms with E-state index in [2.05, 4.69) is 10.3 Å². The molecule has 0 bridgehead atoms. The van der Waals surface area contributed by atoms with Crippen LogP contribution in [0.15, 0.2) is 48.8 Å². The molecule has 1 amide bonds. The number of benzene rings is 1. The van der Waals surface area contributed by atoms with Crippen molar-refractivity contribution in [2.24, 2.45) is 0 Å². The number of anilines is 1. The van der Waals surface area contributed by atoms with Crippen molar-refractivity contribution in [2.75, 3.05) is 5.32 Å². The Morgan fingerprint density at radius 3 is 2.67 bits per heavy atom. The summed E-state index contributed by atoms with van der Waals surface area (Å²) in [5.41, 5.74) is 0.273. The van der Waals surface area contributed by atoms with E-state index in [0.29, 0.717) is 0 Å². The number of hydrogen-bond acceptors (Lipinski definition) is 4. The number of rotatable bonds is 4. The van der Waals surface area contributed by atoms with Crippen molar-refractivity contribution in [1.29, 1.82) is 0 Å². The molecule has 0 saturated carbocycles. The molecule has 1 aromatic carbocycles. The van der Waals surface area contributed by atoms with E-state index in [9.17, 15) is 14.0 Å². The van der Waals surface area contributed by atoms with Crippen LogP contribution < -0.4 is 5.32 Å². The van der Waals surface area contributed by atoms with E-state index in [-0.39, 0.29) is 11.3 Å². The van der Waals surface area contributed by atoms with E-state index in [0.717, 1.165) is 0 Å². The fourth-order valence-corrected chi connectivity index (χ4v) is 1.56. The Morgan fingerprint density at radius 2 is 2.00 bits per heavy atom. The van der Waals surface area contributed by atoms with Gasteiger partial charge in [-0.1, -0.05) is 12.1 Å². The maximum absolute atomic E-state index is 13.4. The molecule has 1 N–H and O–H groups in total. The molecule has 108 valence electrons. The number of carbonyl (C=O) groups is 2.